The van der Waals surface area contributed by atoms with Crippen LogP contribution in [0.3, 0.4) is 0 Å². The van der Waals surface area contributed by atoms with E-state index in [4.69, 9.17) is 4.74 Å². The molecule has 23 heavy (non-hydrogen) atoms. The number of likely N-dealkylation sites (tertiary alicyclic amines) is 1. The number of amides is 1. The van der Waals surface area contributed by atoms with Crippen LogP contribution >= 0.6 is 0 Å². The Labute approximate surface area is 137 Å². The van der Waals surface area contributed by atoms with Gasteiger partial charge in [-0.2, -0.15) is 0 Å². The zero-order valence-corrected chi connectivity index (χ0v) is 14.2. The second-order valence-corrected chi connectivity index (χ2v) is 7.57. The number of piperidine rings is 1. The standard InChI is InChI=1S/C19H25NO3/c1-19(2,3)23-18(22)20-11-7-6-10-16(20)15-12-13-8-4-5-9-14(13)17(15)21/h4-5,8-9,15-16H,6-7,10-12H2,1-3H3. The van der Waals surface area contributed by atoms with Crippen molar-refractivity contribution in [2.45, 2.75) is 58.1 Å². The summed E-state index contributed by atoms with van der Waals surface area (Å²) < 4.78 is 5.56. The van der Waals surface area contributed by atoms with Crippen molar-refractivity contribution < 1.29 is 14.3 Å². The number of benzene rings is 1. The van der Waals surface area contributed by atoms with Gasteiger partial charge in [0.05, 0.1) is 0 Å². The van der Waals surface area contributed by atoms with Crippen LogP contribution in [0.15, 0.2) is 24.3 Å². The first-order chi connectivity index (χ1) is 10.9. The van der Waals surface area contributed by atoms with Crippen LogP contribution in [-0.4, -0.2) is 35.0 Å². The number of Topliss-reactive ketones (excluding diaryl/α,β-unsaturated/α-hetero) is 1. The summed E-state index contributed by atoms with van der Waals surface area (Å²) in [6.07, 6.45) is 3.36. The van der Waals surface area contributed by atoms with Crippen LogP contribution in [0.25, 0.3) is 0 Å². The Hall–Kier alpha value is -1.84. The molecule has 0 aromatic heterocycles. The van der Waals surface area contributed by atoms with Crippen LogP contribution in [0.2, 0.25) is 0 Å². The molecule has 4 nitrogen and oxygen atoms in total. The second-order valence-electron chi connectivity index (χ2n) is 7.57. The molecule has 1 aliphatic heterocycles. The van der Waals surface area contributed by atoms with E-state index >= 15 is 0 Å². The monoisotopic (exact) mass is 315 g/mol. The van der Waals surface area contributed by atoms with Crippen molar-refractivity contribution in [1.82, 2.24) is 4.90 Å². The lowest BCUT2D eigenvalue weighted by molar-refractivity contribution is 0.00324. The van der Waals surface area contributed by atoms with Crippen LogP contribution < -0.4 is 0 Å². The summed E-state index contributed by atoms with van der Waals surface area (Å²) in [5, 5.41) is 0. The smallest absolute Gasteiger partial charge is 0.410 e. The number of fused-ring (bicyclic) bond motifs is 1. The molecule has 0 spiro atoms. The van der Waals surface area contributed by atoms with E-state index in [2.05, 4.69) is 0 Å². The fourth-order valence-corrected chi connectivity index (χ4v) is 3.70. The van der Waals surface area contributed by atoms with Gasteiger partial charge in [-0.25, -0.2) is 4.79 Å². The van der Waals surface area contributed by atoms with E-state index in [9.17, 15) is 9.59 Å². The first-order valence-electron chi connectivity index (χ1n) is 8.48. The molecule has 4 heteroatoms. The Morgan fingerprint density at radius 1 is 1.22 bits per heavy atom. The van der Waals surface area contributed by atoms with Gasteiger partial charge in [-0.05, 0) is 52.0 Å². The van der Waals surface area contributed by atoms with Gasteiger partial charge in [0.25, 0.3) is 0 Å². The Bertz CT molecular complexity index is 617. The Balaban J connectivity index is 1.80. The molecule has 1 aromatic carbocycles. The molecule has 2 unspecified atom stereocenters. The first-order valence-corrected chi connectivity index (χ1v) is 8.48. The summed E-state index contributed by atoms with van der Waals surface area (Å²) >= 11 is 0. The van der Waals surface area contributed by atoms with Crippen LogP contribution in [0.4, 0.5) is 4.79 Å². The molecular formula is C19H25NO3. The fourth-order valence-electron chi connectivity index (χ4n) is 3.70. The predicted molar refractivity (Wildman–Crippen MR) is 88.5 cm³/mol. The molecule has 1 aliphatic carbocycles. The van der Waals surface area contributed by atoms with Gasteiger partial charge in [0, 0.05) is 24.1 Å². The average molecular weight is 315 g/mol. The van der Waals surface area contributed by atoms with Gasteiger partial charge in [0.2, 0.25) is 0 Å². The third kappa shape index (κ3) is 3.26. The minimum absolute atomic E-state index is 0.0431. The average Bonchev–Trinajstić information content (AvgIpc) is 2.83. The lowest BCUT2D eigenvalue weighted by Gasteiger charge is -2.39. The number of hydrogen-bond acceptors (Lipinski definition) is 3. The zero-order valence-electron chi connectivity index (χ0n) is 14.2. The van der Waals surface area contributed by atoms with Crippen LogP contribution in [0.1, 0.15) is 56.0 Å². The Morgan fingerprint density at radius 2 is 1.96 bits per heavy atom. The van der Waals surface area contributed by atoms with Crippen molar-refractivity contribution in [2.75, 3.05) is 6.54 Å². The highest BCUT2D eigenvalue weighted by atomic mass is 16.6. The third-order valence-electron chi connectivity index (χ3n) is 4.70. The molecule has 1 heterocycles. The highest BCUT2D eigenvalue weighted by molar-refractivity contribution is 6.02. The molecule has 0 N–H and O–H groups in total. The zero-order chi connectivity index (χ0) is 16.6. The minimum Gasteiger partial charge on any atom is -0.444 e. The van der Waals surface area contributed by atoms with E-state index in [1.807, 2.05) is 45.0 Å². The minimum atomic E-state index is -0.512. The van der Waals surface area contributed by atoms with Gasteiger partial charge in [-0.15, -0.1) is 0 Å². The fraction of sp³-hybridized carbons (Fsp3) is 0.579. The molecule has 0 radical (unpaired) electrons. The largest absolute Gasteiger partial charge is 0.444 e. The summed E-state index contributed by atoms with van der Waals surface area (Å²) in [5.41, 5.74) is 1.42. The SMILES string of the molecule is CC(C)(C)OC(=O)N1CCCCC1C1Cc2ccccc2C1=O. The number of ketones is 1. The van der Waals surface area contributed by atoms with Gasteiger partial charge in [0.15, 0.2) is 5.78 Å². The van der Waals surface area contributed by atoms with E-state index in [-0.39, 0.29) is 23.8 Å². The normalized spacial score (nSPS) is 24.5. The summed E-state index contributed by atoms with van der Waals surface area (Å²) in [6, 6.07) is 7.76. The second kappa shape index (κ2) is 5.99. The maximum Gasteiger partial charge on any atom is 0.410 e. The van der Waals surface area contributed by atoms with E-state index in [0.717, 1.165) is 36.8 Å². The van der Waals surface area contributed by atoms with Gasteiger partial charge in [-0.3, -0.25) is 4.79 Å². The van der Waals surface area contributed by atoms with Crippen molar-refractivity contribution in [3.63, 3.8) is 0 Å². The molecule has 2 atom stereocenters. The van der Waals surface area contributed by atoms with Crippen molar-refractivity contribution in [3.8, 4) is 0 Å². The molecular weight excluding hydrogens is 290 g/mol. The molecule has 1 saturated heterocycles. The summed E-state index contributed by atoms with van der Waals surface area (Å²) in [6.45, 7) is 6.31. The Morgan fingerprint density at radius 3 is 2.65 bits per heavy atom. The van der Waals surface area contributed by atoms with Crippen molar-refractivity contribution in [3.05, 3.63) is 35.4 Å². The Kier molecular flexibility index (Phi) is 4.17. The number of ether oxygens (including phenoxy) is 1. The summed E-state index contributed by atoms with van der Waals surface area (Å²) in [5.74, 6) is 0.0567. The van der Waals surface area contributed by atoms with E-state index in [1.165, 1.54) is 0 Å². The molecule has 124 valence electrons. The number of rotatable bonds is 1. The van der Waals surface area contributed by atoms with E-state index in [1.54, 1.807) is 4.90 Å². The molecule has 2 aliphatic rings. The van der Waals surface area contributed by atoms with Crippen LogP contribution in [0, 0.1) is 5.92 Å². The molecule has 0 bridgehead atoms. The quantitative estimate of drug-likeness (QED) is 0.791. The van der Waals surface area contributed by atoms with Gasteiger partial charge in [0.1, 0.15) is 5.60 Å². The van der Waals surface area contributed by atoms with Crippen molar-refractivity contribution in [2.24, 2.45) is 5.92 Å². The summed E-state index contributed by atoms with van der Waals surface area (Å²) in [7, 11) is 0. The highest BCUT2D eigenvalue weighted by Crippen LogP contribution is 2.35. The van der Waals surface area contributed by atoms with Gasteiger partial charge >= 0.3 is 6.09 Å². The first kappa shape index (κ1) is 16.0. The molecule has 1 amide bonds. The maximum atomic E-state index is 12.8. The molecule has 0 saturated carbocycles. The number of carbonyl (C=O) groups excluding carboxylic acids is 2. The van der Waals surface area contributed by atoms with Gasteiger partial charge in [-0.1, -0.05) is 24.3 Å². The van der Waals surface area contributed by atoms with E-state index in [0.29, 0.717) is 6.54 Å². The molecule has 3 rings (SSSR count). The van der Waals surface area contributed by atoms with E-state index < -0.39 is 5.60 Å². The number of carbonyl (C=O) groups is 2. The van der Waals surface area contributed by atoms with Crippen molar-refractivity contribution in [1.29, 1.82) is 0 Å². The van der Waals surface area contributed by atoms with Crippen LogP contribution in [-0.2, 0) is 11.2 Å². The lowest BCUT2D eigenvalue weighted by atomic mass is 9.88. The van der Waals surface area contributed by atoms with Crippen molar-refractivity contribution >= 4 is 11.9 Å². The number of hydrogen-bond donors (Lipinski definition) is 0. The number of nitrogens with zero attached hydrogens (tertiary/aromatic N) is 1. The topological polar surface area (TPSA) is 46.6 Å². The highest BCUT2D eigenvalue weighted by Gasteiger charge is 2.42. The lowest BCUT2D eigenvalue weighted by Crippen LogP contribution is -2.50. The predicted octanol–water partition coefficient (Wildman–Crippen LogP) is 3.83. The molecule has 1 aromatic rings. The third-order valence-corrected chi connectivity index (χ3v) is 4.70. The summed E-state index contributed by atoms with van der Waals surface area (Å²) in [4.78, 5) is 27.1. The maximum absolute atomic E-state index is 12.8. The van der Waals surface area contributed by atoms with Gasteiger partial charge < -0.3 is 9.64 Å². The van der Waals surface area contributed by atoms with Crippen LogP contribution in [0.5, 0.6) is 0 Å². The molecule has 1 fully saturated rings.